The van der Waals surface area contributed by atoms with Gasteiger partial charge in [0.1, 0.15) is 0 Å². The first-order valence-corrected chi connectivity index (χ1v) is 7.48. The molecular formula is C16H18F6N2. The number of halogens is 6. The molecule has 0 bridgehead atoms. The minimum Gasteiger partial charge on any atom is -0.314 e. The number of hydrogen-bond acceptors (Lipinski definition) is 2. The highest BCUT2D eigenvalue weighted by atomic mass is 19.4. The van der Waals surface area contributed by atoms with Gasteiger partial charge in [-0.15, -0.1) is 6.58 Å². The molecule has 0 spiro atoms. The molecule has 1 atom stereocenters. The van der Waals surface area contributed by atoms with E-state index in [0.29, 0.717) is 26.2 Å². The quantitative estimate of drug-likeness (QED) is 0.644. The van der Waals surface area contributed by atoms with Crippen LogP contribution in [0, 0.1) is 0 Å². The van der Waals surface area contributed by atoms with E-state index in [1.165, 1.54) is 6.08 Å². The summed E-state index contributed by atoms with van der Waals surface area (Å²) in [5.41, 5.74) is -2.55. The van der Waals surface area contributed by atoms with Crippen molar-refractivity contribution in [2.75, 3.05) is 26.2 Å². The maximum Gasteiger partial charge on any atom is 0.416 e. The van der Waals surface area contributed by atoms with Gasteiger partial charge in [0.25, 0.3) is 0 Å². The maximum absolute atomic E-state index is 13.0. The summed E-state index contributed by atoms with van der Waals surface area (Å²) < 4.78 is 78.1. The van der Waals surface area contributed by atoms with Crippen LogP contribution in [0.25, 0.3) is 0 Å². The van der Waals surface area contributed by atoms with Crippen LogP contribution in [0.4, 0.5) is 26.3 Å². The van der Waals surface area contributed by atoms with Gasteiger partial charge in [0.15, 0.2) is 0 Å². The van der Waals surface area contributed by atoms with Crippen molar-refractivity contribution in [3.05, 3.63) is 47.5 Å². The van der Waals surface area contributed by atoms with Crippen molar-refractivity contribution < 1.29 is 26.3 Å². The molecule has 1 aliphatic heterocycles. The van der Waals surface area contributed by atoms with Crippen LogP contribution in [-0.2, 0) is 12.4 Å². The van der Waals surface area contributed by atoms with Crippen molar-refractivity contribution in [2.24, 2.45) is 0 Å². The predicted molar refractivity (Wildman–Crippen MR) is 78.4 cm³/mol. The first-order valence-electron chi connectivity index (χ1n) is 7.48. The fourth-order valence-corrected chi connectivity index (χ4v) is 2.82. The van der Waals surface area contributed by atoms with Crippen LogP contribution in [0.1, 0.15) is 29.2 Å². The number of rotatable bonds is 4. The average Bonchev–Trinajstić information content (AvgIpc) is 2.51. The van der Waals surface area contributed by atoms with Crippen LogP contribution in [0.15, 0.2) is 30.9 Å². The summed E-state index contributed by atoms with van der Waals surface area (Å²) in [6.45, 7) is 5.96. The molecule has 1 heterocycles. The summed E-state index contributed by atoms with van der Waals surface area (Å²) in [6, 6.07) is 1.22. The molecule has 8 heteroatoms. The van der Waals surface area contributed by atoms with Crippen LogP contribution >= 0.6 is 0 Å². The molecule has 24 heavy (non-hydrogen) atoms. The zero-order valence-corrected chi connectivity index (χ0v) is 12.8. The summed E-state index contributed by atoms with van der Waals surface area (Å²) in [5, 5.41) is 3.11. The van der Waals surface area contributed by atoms with Crippen LogP contribution in [0.5, 0.6) is 0 Å². The highest BCUT2D eigenvalue weighted by molar-refractivity contribution is 5.35. The lowest BCUT2D eigenvalue weighted by atomic mass is 9.96. The Hall–Kier alpha value is -1.54. The predicted octanol–water partition coefficient (Wildman–Crippen LogP) is 4.25. The van der Waals surface area contributed by atoms with Gasteiger partial charge in [-0.05, 0) is 30.2 Å². The monoisotopic (exact) mass is 352 g/mol. The topological polar surface area (TPSA) is 15.3 Å². The van der Waals surface area contributed by atoms with Crippen molar-refractivity contribution in [2.45, 2.75) is 24.8 Å². The molecule has 0 amide bonds. The Morgan fingerprint density at radius 2 is 1.50 bits per heavy atom. The van der Waals surface area contributed by atoms with E-state index >= 15 is 0 Å². The zero-order chi connectivity index (χ0) is 18.0. The van der Waals surface area contributed by atoms with Crippen LogP contribution in [-0.4, -0.2) is 31.1 Å². The minimum atomic E-state index is -4.84. The summed E-state index contributed by atoms with van der Waals surface area (Å²) in [4.78, 5) is 1.88. The number of nitrogens with zero attached hydrogens (tertiary/aromatic N) is 1. The third-order valence-corrected chi connectivity index (χ3v) is 3.98. The number of nitrogens with one attached hydrogen (secondary N) is 1. The minimum absolute atomic E-state index is 0.0129. The standard InChI is InChI=1S/C16H18F6N2/c1-2-3-14(24-6-4-23-5-7-24)11-8-12(15(17,18)19)10-13(9-11)16(20,21)22/h2,8-10,14,23H,1,3-7H2/t14-/m0/s1. The molecule has 1 saturated heterocycles. The number of alkyl halides is 6. The molecule has 1 aromatic carbocycles. The second-order valence-corrected chi connectivity index (χ2v) is 5.67. The molecule has 1 aromatic rings. The van der Waals surface area contributed by atoms with E-state index < -0.39 is 29.5 Å². The van der Waals surface area contributed by atoms with Gasteiger partial charge in [-0.3, -0.25) is 4.90 Å². The van der Waals surface area contributed by atoms with E-state index in [4.69, 9.17) is 0 Å². The lowest BCUT2D eigenvalue weighted by molar-refractivity contribution is -0.143. The van der Waals surface area contributed by atoms with Crippen molar-refractivity contribution in [3.8, 4) is 0 Å². The van der Waals surface area contributed by atoms with Crippen molar-refractivity contribution in [1.29, 1.82) is 0 Å². The fraction of sp³-hybridized carbons (Fsp3) is 0.500. The Balaban J connectivity index is 2.49. The molecule has 134 valence electrons. The molecule has 0 aliphatic carbocycles. The molecule has 0 radical (unpaired) electrons. The summed E-state index contributed by atoms with van der Waals surface area (Å²) >= 11 is 0. The molecule has 0 aromatic heterocycles. The second kappa shape index (κ2) is 7.14. The fourth-order valence-electron chi connectivity index (χ4n) is 2.82. The Labute approximate surface area is 136 Å². The Morgan fingerprint density at radius 1 is 1.00 bits per heavy atom. The van der Waals surface area contributed by atoms with E-state index in [-0.39, 0.29) is 18.1 Å². The van der Waals surface area contributed by atoms with E-state index in [0.717, 1.165) is 12.1 Å². The largest absolute Gasteiger partial charge is 0.416 e. The van der Waals surface area contributed by atoms with Gasteiger partial charge in [-0.2, -0.15) is 26.3 Å². The lowest BCUT2D eigenvalue weighted by Gasteiger charge is -2.35. The lowest BCUT2D eigenvalue weighted by Crippen LogP contribution is -2.45. The van der Waals surface area contributed by atoms with Gasteiger partial charge in [-0.25, -0.2) is 0 Å². The third kappa shape index (κ3) is 4.51. The molecule has 2 nitrogen and oxygen atoms in total. The van der Waals surface area contributed by atoms with Crippen LogP contribution in [0.3, 0.4) is 0 Å². The van der Waals surface area contributed by atoms with E-state index in [9.17, 15) is 26.3 Å². The molecular weight excluding hydrogens is 334 g/mol. The van der Waals surface area contributed by atoms with Gasteiger partial charge in [-0.1, -0.05) is 6.08 Å². The molecule has 1 aliphatic rings. The zero-order valence-electron chi connectivity index (χ0n) is 12.8. The van der Waals surface area contributed by atoms with Crippen molar-refractivity contribution >= 4 is 0 Å². The SMILES string of the molecule is C=CC[C@@H](c1cc(C(F)(F)F)cc(C(F)(F)F)c1)N1CCNCC1. The molecule has 0 unspecified atom stereocenters. The number of piperazine rings is 1. The van der Waals surface area contributed by atoms with Gasteiger partial charge < -0.3 is 5.32 Å². The summed E-state index contributed by atoms with van der Waals surface area (Å²) in [6.07, 6.45) is -7.88. The van der Waals surface area contributed by atoms with Gasteiger partial charge >= 0.3 is 12.4 Å². The Morgan fingerprint density at radius 3 is 1.92 bits per heavy atom. The average molecular weight is 352 g/mol. The highest BCUT2D eigenvalue weighted by Crippen LogP contribution is 2.39. The van der Waals surface area contributed by atoms with Crippen molar-refractivity contribution in [1.82, 2.24) is 10.2 Å². The van der Waals surface area contributed by atoms with Gasteiger partial charge in [0, 0.05) is 32.2 Å². The summed E-state index contributed by atoms with van der Waals surface area (Å²) in [5.74, 6) is 0. The molecule has 1 fully saturated rings. The normalized spacial score (nSPS) is 18.4. The van der Waals surface area contributed by atoms with Gasteiger partial charge in [0.05, 0.1) is 11.1 Å². The highest BCUT2D eigenvalue weighted by Gasteiger charge is 2.38. The first kappa shape index (κ1) is 18.8. The Bertz CT molecular complexity index is 541. The second-order valence-electron chi connectivity index (χ2n) is 5.67. The molecule has 2 rings (SSSR count). The first-order chi connectivity index (χ1) is 11.1. The van der Waals surface area contributed by atoms with E-state index in [1.807, 2.05) is 4.90 Å². The smallest absolute Gasteiger partial charge is 0.314 e. The summed E-state index contributed by atoms with van der Waals surface area (Å²) in [7, 11) is 0. The number of hydrogen-bond donors (Lipinski definition) is 1. The Kier molecular flexibility index (Phi) is 5.59. The van der Waals surface area contributed by atoms with Crippen LogP contribution < -0.4 is 5.32 Å². The molecule has 1 N–H and O–H groups in total. The van der Waals surface area contributed by atoms with E-state index in [2.05, 4.69) is 11.9 Å². The van der Waals surface area contributed by atoms with E-state index in [1.54, 1.807) is 0 Å². The molecule has 0 saturated carbocycles. The van der Waals surface area contributed by atoms with Crippen LogP contribution in [0.2, 0.25) is 0 Å². The maximum atomic E-state index is 13.0. The number of benzene rings is 1. The van der Waals surface area contributed by atoms with Crippen molar-refractivity contribution in [3.63, 3.8) is 0 Å². The third-order valence-electron chi connectivity index (χ3n) is 3.98. The van der Waals surface area contributed by atoms with Gasteiger partial charge in [0.2, 0.25) is 0 Å².